The van der Waals surface area contributed by atoms with E-state index in [-0.39, 0.29) is 18.3 Å². The van der Waals surface area contributed by atoms with Gasteiger partial charge in [0.2, 0.25) is 15.9 Å². The average molecular weight is 385 g/mol. The number of halogens is 2. The van der Waals surface area contributed by atoms with Crippen LogP contribution in [0.2, 0.25) is 0 Å². The van der Waals surface area contributed by atoms with Crippen LogP contribution in [0.15, 0.2) is 6.20 Å². The number of alkyl halides is 2. The van der Waals surface area contributed by atoms with Crippen LogP contribution >= 0.6 is 0 Å². The minimum absolute atomic E-state index is 0.0702. The van der Waals surface area contributed by atoms with Gasteiger partial charge in [0.15, 0.2) is 0 Å². The predicted octanol–water partition coefficient (Wildman–Crippen LogP) is 3.71. The fourth-order valence-electron chi connectivity index (χ4n) is 5.41. The summed E-state index contributed by atoms with van der Waals surface area (Å²) in [5, 5.41) is 3.86. The summed E-state index contributed by atoms with van der Waals surface area (Å²) in [5.74, 6) is -2.54. The number of hydrogen-bond acceptors (Lipinski definition) is 3. The quantitative estimate of drug-likeness (QED) is 0.863. The fraction of sp³-hybridized carbons (Fsp3) is 0.833. The van der Waals surface area contributed by atoms with Crippen molar-refractivity contribution in [2.75, 3.05) is 4.72 Å². The second-order valence-corrected chi connectivity index (χ2v) is 11.2. The molecule has 0 unspecified atom stereocenters. The zero-order chi connectivity index (χ0) is 18.2. The lowest BCUT2D eigenvalue weighted by molar-refractivity contribution is -0.172. The molecule has 3 aliphatic carbocycles. The lowest BCUT2D eigenvalue weighted by Gasteiger charge is -2.50. The molecule has 0 saturated heterocycles. The SMILES string of the molecule is O=S(=O)(Nc1cnn2c1CC1(CC2)CC1)C1CCC2(CC1)CC(F)(F)C2. The molecule has 3 saturated carbocycles. The lowest BCUT2D eigenvalue weighted by Crippen LogP contribution is -2.49. The van der Waals surface area contributed by atoms with Crippen LogP contribution in [0.1, 0.15) is 63.5 Å². The standard InChI is InChI=1S/C18H25F2N3O2S/c19-18(20)11-17(12-18)3-1-13(2-4-17)26(24,25)22-14-10-21-23-8-7-16(5-6-16)9-15(14)23/h10,13,22H,1-9,11-12H2. The van der Waals surface area contributed by atoms with Crippen LogP contribution in [0.4, 0.5) is 14.5 Å². The molecule has 144 valence electrons. The Hall–Kier alpha value is -1.18. The minimum atomic E-state index is -3.51. The number of fused-ring (bicyclic) bond motifs is 1. The second-order valence-electron chi connectivity index (χ2n) is 9.21. The number of aromatic nitrogens is 2. The van der Waals surface area contributed by atoms with E-state index in [9.17, 15) is 17.2 Å². The third kappa shape index (κ3) is 2.75. The molecule has 0 atom stereocenters. The Morgan fingerprint density at radius 2 is 1.77 bits per heavy atom. The van der Waals surface area contributed by atoms with Gasteiger partial charge in [0.25, 0.3) is 0 Å². The molecule has 2 spiro atoms. The Morgan fingerprint density at radius 3 is 2.38 bits per heavy atom. The monoisotopic (exact) mass is 385 g/mol. The van der Waals surface area contributed by atoms with Crippen LogP contribution in [0.3, 0.4) is 0 Å². The van der Waals surface area contributed by atoms with E-state index in [0.29, 0.717) is 36.8 Å². The molecule has 1 N–H and O–H groups in total. The van der Waals surface area contributed by atoms with Crippen LogP contribution in [0, 0.1) is 10.8 Å². The van der Waals surface area contributed by atoms with Crippen molar-refractivity contribution in [1.29, 1.82) is 0 Å². The van der Waals surface area contributed by atoms with E-state index in [0.717, 1.165) is 25.1 Å². The van der Waals surface area contributed by atoms with Gasteiger partial charge in [-0.1, -0.05) is 0 Å². The summed E-state index contributed by atoms with van der Waals surface area (Å²) in [6.07, 6.45) is 8.07. The molecule has 5 nitrogen and oxygen atoms in total. The van der Waals surface area contributed by atoms with Crippen molar-refractivity contribution in [3.63, 3.8) is 0 Å². The van der Waals surface area contributed by atoms with E-state index in [2.05, 4.69) is 9.82 Å². The maximum absolute atomic E-state index is 13.2. The molecule has 3 fully saturated rings. The third-order valence-corrected chi connectivity index (χ3v) is 9.11. The van der Waals surface area contributed by atoms with Crippen molar-refractivity contribution >= 4 is 15.7 Å². The Bertz CT molecular complexity index is 827. The number of nitrogens with one attached hydrogen (secondary N) is 1. The van der Waals surface area contributed by atoms with Crippen molar-refractivity contribution in [2.24, 2.45) is 10.8 Å². The smallest absolute Gasteiger partial charge is 0.249 e. The van der Waals surface area contributed by atoms with Crippen molar-refractivity contribution in [3.05, 3.63) is 11.9 Å². The molecule has 26 heavy (non-hydrogen) atoms. The number of rotatable bonds is 3. The summed E-state index contributed by atoms with van der Waals surface area (Å²) in [6.45, 7) is 0.858. The zero-order valence-corrected chi connectivity index (χ0v) is 15.6. The van der Waals surface area contributed by atoms with Crippen LogP contribution in [-0.2, 0) is 23.0 Å². The molecule has 2 heterocycles. The lowest BCUT2D eigenvalue weighted by atomic mass is 9.59. The topological polar surface area (TPSA) is 64.0 Å². The van der Waals surface area contributed by atoms with E-state index in [1.807, 2.05) is 4.68 Å². The first-order valence-corrected chi connectivity index (χ1v) is 11.2. The highest BCUT2D eigenvalue weighted by molar-refractivity contribution is 7.93. The second kappa shape index (κ2) is 5.20. The van der Waals surface area contributed by atoms with Crippen LogP contribution in [-0.4, -0.2) is 29.4 Å². The van der Waals surface area contributed by atoms with Crippen molar-refractivity contribution < 1.29 is 17.2 Å². The Balaban J connectivity index is 1.27. The molecule has 5 rings (SSSR count). The van der Waals surface area contributed by atoms with Gasteiger partial charge in [-0.3, -0.25) is 9.40 Å². The van der Waals surface area contributed by atoms with E-state index < -0.39 is 21.2 Å². The molecule has 0 amide bonds. The first-order valence-electron chi connectivity index (χ1n) is 9.64. The summed E-state index contributed by atoms with van der Waals surface area (Å²) in [4.78, 5) is 0. The molecule has 1 aliphatic heterocycles. The Kier molecular flexibility index (Phi) is 3.39. The number of nitrogens with zero attached hydrogens (tertiary/aromatic N) is 2. The van der Waals surface area contributed by atoms with E-state index >= 15 is 0 Å². The van der Waals surface area contributed by atoms with Gasteiger partial charge in [-0.25, -0.2) is 17.2 Å². The van der Waals surface area contributed by atoms with Gasteiger partial charge in [-0.2, -0.15) is 5.10 Å². The minimum Gasteiger partial charge on any atom is -0.280 e. The highest BCUT2D eigenvalue weighted by atomic mass is 32.2. The summed E-state index contributed by atoms with van der Waals surface area (Å²) >= 11 is 0. The van der Waals surface area contributed by atoms with Gasteiger partial charge in [-0.15, -0.1) is 0 Å². The summed E-state index contributed by atoms with van der Waals surface area (Å²) in [7, 11) is -3.51. The van der Waals surface area contributed by atoms with Crippen molar-refractivity contribution in [2.45, 2.75) is 81.9 Å². The average Bonchev–Trinajstić information content (AvgIpc) is 3.18. The summed E-state index contributed by atoms with van der Waals surface area (Å²) < 4.78 is 56.9. The maximum Gasteiger partial charge on any atom is 0.249 e. The third-order valence-electron chi connectivity index (χ3n) is 7.25. The van der Waals surface area contributed by atoms with Gasteiger partial charge in [-0.05, 0) is 62.2 Å². The van der Waals surface area contributed by atoms with Gasteiger partial charge in [0.1, 0.15) is 0 Å². The predicted molar refractivity (Wildman–Crippen MR) is 93.6 cm³/mol. The molecule has 8 heteroatoms. The molecule has 4 aliphatic rings. The van der Waals surface area contributed by atoms with E-state index in [1.54, 1.807) is 6.20 Å². The van der Waals surface area contributed by atoms with Gasteiger partial charge >= 0.3 is 0 Å². The highest BCUT2D eigenvalue weighted by Gasteiger charge is 2.57. The number of hydrogen-bond donors (Lipinski definition) is 1. The normalized spacial score (nSPS) is 28.5. The maximum atomic E-state index is 13.2. The molecular formula is C18H25F2N3O2S. The first kappa shape index (κ1) is 17.0. The highest BCUT2D eigenvalue weighted by Crippen LogP contribution is 2.59. The van der Waals surface area contributed by atoms with Gasteiger partial charge in [0.05, 0.1) is 22.8 Å². The number of aryl methyl sites for hydroxylation is 1. The molecule has 0 aromatic carbocycles. The number of anilines is 1. The van der Waals surface area contributed by atoms with Crippen molar-refractivity contribution in [3.8, 4) is 0 Å². The van der Waals surface area contributed by atoms with Gasteiger partial charge in [0, 0.05) is 19.4 Å². The van der Waals surface area contributed by atoms with Gasteiger partial charge < -0.3 is 0 Å². The molecule has 1 aromatic rings. The number of sulfonamides is 1. The van der Waals surface area contributed by atoms with E-state index in [4.69, 9.17) is 0 Å². The first-order chi connectivity index (χ1) is 12.2. The Morgan fingerprint density at radius 1 is 1.08 bits per heavy atom. The van der Waals surface area contributed by atoms with Crippen LogP contribution in [0.5, 0.6) is 0 Å². The van der Waals surface area contributed by atoms with Crippen molar-refractivity contribution in [1.82, 2.24) is 9.78 Å². The fourth-order valence-corrected chi connectivity index (χ4v) is 6.91. The molecule has 1 aromatic heterocycles. The zero-order valence-electron chi connectivity index (χ0n) is 14.8. The summed E-state index contributed by atoms with van der Waals surface area (Å²) in [6, 6.07) is 0. The Labute approximate surface area is 152 Å². The molecular weight excluding hydrogens is 360 g/mol. The van der Waals surface area contributed by atoms with E-state index in [1.165, 1.54) is 12.8 Å². The van der Waals surface area contributed by atoms with Crippen LogP contribution < -0.4 is 4.72 Å². The largest absolute Gasteiger partial charge is 0.280 e. The summed E-state index contributed by atoms with van der Waals surface area (Å²) in [5.41, 5.74) is 1.68. The molecule has 0 radical (unpaired) electrons. The molecule has 0 bridgehead atoms. The van der Waals surface area contributed by atoms with Crippen LogP contribution in [0.25, 0.3) is 0 Å².